The molecule has 0 bridgehead atoms. The van der Waals surface area contributed by atoms with Gasteiger partial charge < -0.3 is 5.43 Å². The molecule has 12 heavy (non-hydrogen) atoms. The van der Waals surface area contributed by atoms with Crippen LogP contribution in [0.15, 0.2) is 12.1 Å². The summed E-state index contributed by atoms with van der Waals surface area (Å²) in [6.07, 6.45) is 0. The Morgan fingerprint density at radius 3 is 2.25 bits per heavy atom. The van der Waals surface area contributed by atoms with Gasteiger partial charge in [-0.3, -0.25) is 0 Å². The molecule has 1 aromatic rings. The number of nitrogens with one attached hydrogen (secondary N) is 1. The van der Waals surface area contributed by atoms with E-state index in [2.05, 4.69) is 36.4 Å². The zero-order valence-electron chi connectivity index (χ0n) is 7.63. The number of hydrazine groups is 1. The molecule has 0 amide bonds. The Morgan fingerprint density at radius 2 is 1.92 bits per heavy atom. The maximum atomic E-state index is 5.16. The summed E-state index contributed by atoms with van der Waals surface area (Å²) in [7, 11) is 0. The fraction of sp³-hybridized carbons (Fsp3) is 0.500. The van der Waals surface area contributed by atoms with Crippen molar-refractivity contribution in [2.24, 2.45) is 5.84 Å². The van der Waals surface area contributed by atoms with Gasteiger partial charge in [0.05, 0.1) is 5.69 Å². The predicted molar refractivity (Wildman–Crippen MR) is 48.5 cm³/mol. The van der Waals surface area contributed by atoms with E-state index in [4.69, 9.17) is 5.84 Å². The van der Waals surface area contributed by atoms with Crippen molar-refractivity contribution in [3.63, 3.8) is 0 Å². The maximum absolute atomic E-state index is 5.16. The largest absolute Gasteiger partial charge is 0.307 e. The van der Waals surface area contributed by atoms with E-state index < -0.39 is 0 Å². The van der Waals surface area contributed by atoms with E-state index in [-0.39, 0.29) is 5.41 Å². The fourth-order valence-corrected chi connectivity index (χ4v) is 0.809. The molecule has 4 nitrogen and oxygen atoms in total. The molecule has 1 aromatic heterocycles. The van der Waals surface area contributed by atoms with Gasteiger partial charge in [0, 0.05) is 5.41 Å². The molecule has 0 saturated carbocycles. The number of rotatable bonds is 1. The minimum atomic E-state index is 0.0418. The average molecular weight is 166 g/mol. The van der Waals surface area contributed by atoms with Crippen LogP contribution in [0, 0.1) is 0 Å². The second-order valence-electron chi connectivity index (χ2n) is 3.70. The minimum Gasteiger partial charge on any atom is -0.307 e. The van der Waals surface area contributed by atoms with Crippen LogP contribution in [0.3, 0.4) is 0 Å². The van der Waals surface area contributed by atoms with Crippen molar-refractivity contribution in [1.82, 2.24) is 10.2 Å². The van der Waals surface area contributed by atoms with Crippen molar-refractivity contribution in [3.05, 3.63) is 17.8 Å². The molecule has 0 atom stereocenters. The monoisotopic (exact) mass is 166 g/mol. The lowest BCUT2D eigenvalue weighted by Gasteiger charge is -2.16. The third-order valence-corrected chi connectivity index (χ3v) is 1.58. The lowest BCUT2D eigenvalue weighted by atomic mass is 9.92. The lowest BCUT2D eigenvalue weighted by Crippen LogP contribution is -2.16. The molecule has 3 N–H and O–H groups in total. The van der Waals surface area contributed by atoms with Crippen LogP contribution in [0.5, 0.6) is 0 Å². The molecule has 0 aliphatic heterocycles. The number of nitrogens with two attached hydrogens (primary N) is 1. The van der Waals surface area contributed by atoms with E-state index >= 15 is 0 Å². The molecular formula is C8H14N4. The number of nitrogen functional groups attached to an aromatic ring is 1. The SMILES string of the molecule is CC(C)(C)c1ccc(NN)nn1. The molecule has 0 aliphatic carbocycles. The Labute approximate surface area is 72.2 Å². The summed E-state index contributed by atoms with van der Waals surface area (Å²) in [6, 6.07) is 3.73. The van der Waals surface area contributed by atoms with E-state index in [0.717, 1.165) is 5.69 Å². The van der Waals surface area contributed by atoms with Gasteiger partial charge in [-0.2, -0.15) is 5.10 Å². The maximum Gasteiger partial charge on any atom is 0.162 e. The van der Waals surface area contributed by atoms with Crippen LogP contribution in [-0.2, 0) is 5.41 Å². The molecule has 0 aliphatic rings. The van der Waals surface area contributed by atoms with Gasteiger partial charge in [0.25, 0.3) is 0 Å². The summed E-state index contributed by atoms with van der Waals surface area (Å²) >= 11 is 0. The Balaban J connectivity index is 2.93. The topological polar surface area (TPSA) is 63.8 Å². The first-order valence-corrected chi connectivity index (χ1v) is 3.85. The molecule has 0 aromatic carbocycles. The van der Waals surface area contributed by atoms with Crippen LogP contribution in [0.1, 0.15) is 26.5 Å². The quantitative estimate of drug-likeness (QED) is 0.483. The number of hydrogen-bond donors (Lipinski definition) is 2. The summed E-state index contributed by atoms with van der Waals surface area (Å²) in [4.78, 5) is 0. The summed E-state index contributed by atoms with van der Waals surface area (Å²) in [5.74, 6) is 5.74. The van der Waals surface area contributed by atoms with Gasteiger partial charge in [0.1, 0.15) is 0 Å². The van der Waals surface area contributed by atoms with Crippen LogP contribution >= 0.6 is 0 Å². The van der Waals surface area contributed by atoms with Gasteiger partial charge in [-0.05, 0) is 12.1 Å². The van der Waals surface area contributed by atoms with E-state index in [1.807, 2.05) is 12.1 Å². The first kappa shape index (κ1) is 8.93. The molecule has 0 spiro atoms. The molecule has 0 unspecified atom stereocenters. The molecule has 1 rings (SSSR count). The zero-order chi connectivity index (χ0) is 9.19. The normalized spacial score (nSPS) is 11.3. The molecule has 66 valence electrons. The molecule has 4 heteroatoms. The Hall–Kier alpha value is -1.16. The van der Waals surface area contributed by atoms with E-state index in [9.17, 15) is 0 Å². The van der Waals surface area contributed by atoms with Crippen LogP contribution in [0.4, 0.5) is 5.82 Å². The van der Waals surface area contributed by atoms with E-state index in [1.165, 1.54) is 0 Å². The molecule has 0 fully saturated rings. The average Bonchev–Trinajstić information content (AvgIpc) is 2.03. The van der Waals surface area contributed by atoms with Crippen molar-refractivity contribution in [2.75, 3.05) is 5.43 Å². The smallest absolute Gasteiger partial charge is 0.162 e. The van der Waals surface area contributed by atoms with Gasteiger partial charge in [-0.25, -0.2) is 5.84 Å². The van der Waals surface area contributed by atoms with Crippen LogP contribution in [0.25, 0.3) is 0 Å². The van der Waals surface area contributed by atoms with Crippen molar-refractivity contribution in [2.45, 2.75) is 26.2 Å². The molecule has 0 saturated heterocycles. The highest BCUT2D eigenvalue weighted by Crippen LogP contribution is 2.19. The molecule has 1 heterocycles. The predicted octanol–water partition coefficient (Wildman–Crippen LogP) is 1.06. The van der Waals surface area contributed by atoms with Crippen molar-refractivity contribution >= 4 is 5.82 Å². The Morgan fingerprint density at radius 1 is 1.25 bits per heavy atom. The molecular weight excluding hydrogens is 152 g/mol. The summed E-state index contributed by atoms with van der Waals surface area (Å²) in [5.41, 5.74) is 3.43. The van der Waals surface area contributed by atoms with Crippen molar-refractivity contribution < 1.29 is 0 Å². The summed E-state index contributed by atoms with van der Waals surface area (Å²) in [6.45, 7) is 6.27. The van der Waals surface area contributed by atoms with E-state index in [0.29, 0.717) is 5.82 Å². The number of anilines is 1. The Bertz CT molecular complexity index is 247. The van der Waals surface area contributed by atoms with Crippen LogP contribution in [-0.4, -0.2) is 10.2 Å². The van der Waals surface area contributed by atoms with Gasteiger partial charge >= 0.3 is 0 Å². The Kier molecular flexibility index (Phi) is 2.28. The van der Waals surface area contributed by atoms with E-state index in [1.54, 1.807) is 0 Å². The second-order valence-corrected chi connectivity index (χ2v) is 3.70. The minimum absolute atomic E-state index is 0.0418. The second kappa shape index (κ2) is 3.06. The third-order valence-electron chi connectivity index (χ3n) is 1.58. The highest BCUT2D eigenvalue weighted by Gasteiger charge is 2.15. The summed E-state index contributed by atoms with van der Waals surface area (Å²) < 4.78 is 0. The fourth-order valence-electron chi connectivity index (χ4n) is 0.809. The van der Waals surface area contributed by atoms with Crippen molar-refractivity contribution in [3.8, 4) is 0 Å². The van der Waals surface area contributed by atoms with Gasteiger partial charge in [-0.15, -0.1) is 5.10 Å². The standard InChI is InChI=1S/C8H14N4/c1-8(2,3)6-4-5-7(10-9)12-11-6/h4-5H,9H2,1-3H3,(H,10,12). The van der Waals surface area contributed by atoms with Gasteiger partial charge in [0.15, 0.2) is 5.82 Å². The lowest BCUT2D eigenvalue weighted by molar-refractivity contribution is 0.559. The first-order chi connectivity index (χ1) is 5.54. The van der Waals surface area contributed by atoms with Crippen LogP contribution in [0.2, 0.25) is 0 Å². The highest BCUT2D eigenvalue weighted by molar-refractivity contribution is 5.31. The van der Waals surface area contributed by atoms with Gasteiger partial charge in [-0.1, -0.05) is 20.8 Å². The summed E-state index contributed by atoms with van der Waals surface area (Å²) in [5, 5.41) is 7.91. The first-order valence-electron chi connectivity index (χ1n) is 3.85. The zero-order valence-corrected chi connectivity index (χ0v) is 7.63. The number of nitrogens with zero attached hydrogens (tertiary/aromatic N) is 2. The van der Waals surface area contributed by atoms with Crippen molar-refractivity contribution in [1.29, 1.82) is 0 Å². The number of hydrogen-bond acceptors (Lipinski definition) is 4. The number of aromatic nitrogens is 2. The molecule has 0 radical (unpaired) electrons. The highest BCUT2D eigenvalue weighted by atomic mass is 15.3. The third kappa shape index (κ3) is 1.92. The van der Waals surface area contributed by atoms with Gasteiger partial charge in [0.2, 0.25) is 0 Å². The van der Waals surface area contributed by atoms with Crippen LogP contribution < -0.4 is 11.3 Å².